The lowest BCUT2D eigenvalue weighted by Crippen LogP contribution is -2.24. The number of amides is 1. The first-order valence-electron chi connectivity index (χ1n) is 7.12. The average Bonchev–Trinajstić information content (AvgIpc) is 2.51. The van der Waals surface area contributed by atoms with Crippen LogP contribution in [-0.4, -0.2) is 20.9 Å². The van der Waals surface area contributed by atoms with Gasteiger partial charge in [-0.1, -0.05) is 12.1 Å². The zero-order chi connectivity index (χ0) is 17.9. The Bertz CT molecular complexity index is 863. The Kier molecular flexibility index (Phi) is 5.18. The highest BCUT2D eigenvalue weighted by atomic mass is 32.2. The van der Waals surface area contributed by atoms with Crippen molar-refractivity contribution >= 4 is 21.6 Å². The Morgan fingerprint density at radius 2 is 1.75 bits per heavy atom. The van der Waals surface area contributed by atoms with Gasteiger partial charge in [-0.2, -0.15) is 0 Å². The molecule has 2 N–H and O–H groups in total. The molecule has 0 aliphatic heterocycles. The number of hydrogen-bond acceptors (Lipinski definition) is 3. The highest BCUT2D eigenvalue weighted by Gasteiger charge is 2.21. The molecule has 0 heterocycles. The minimum Gasteiger partial charge on any atom is -0.352 e. The summed E-state index contributed by atoms with van der Waals surface area (Å²) >= 11 is 0. The van der Waals surface area contributed by atoms with Gasteiger partial charge in [0, 0.05) is 12.1 Å². The van der Waals surface area contributed by atoms with Gasteiger partial charge in [-0.25, -0.2) is 17.2 Å². The number of carbonyl (C=O) groups excluding carboxylic acids is 1. The lowest BCUT2D eigenvalue weighted by molar-refractivity contribution is 0.0955. The molecular formula is C16H16F2N2O3S. The maximum Gasteiger partial charge on any atom is 0.262 e. The summed E-state index contributed by atoms with van der Waals surface area (Å²) in [6.07, 6.45) is 0. The number of rotatable bonds is 5. The summed E-state index contributed by atoms with van der Waals surface area (Å²) in [7, 11) is -4.26. The van der Waals surface area contributed by atoms with Gasteiger partial charge in [-0.05, 0) is 43.7 Å². The number of halogens is 2. The largest absolute Gasteiger partial charge is 0.352 e. The van der Waals surface area contributed by atoms with Gasteiger partial charge in [-0.3, -0.25) is 9.52 Å². The third-order valence-corrected chi connectivity index (χ3v) is 4.65. The van der Waals surface area contributed by atoms with Gasteiger partial charge < -0.3 is 5.32 Å². The van der Waals surface area contributed by atoms with Crippen LogP contribution in [0.1, 0.15) is 22.8 Å². The Morgan fingerprint density at radius 1 is 1.12 bits per heavy atom. The lowest BCUT2D eigenvalue weighted by Gasteiger charge is -2.12. The molecule has 5 nitrogen and oxygen atoms in total. The lowest BCUT2D eigenvalue weighted by atomic mass is 10.1. The van der Waals surface area contributed by atoms with E-state index in [9.17, 15) is 22.0 Å². The van der Waals surface area contributed by atoms with Crippen LogP contribution >= 0.6 is 0 Å². The van der Waals surface area contributed by atoms with Crippen molar-refractivity contribution in [3.63, 3.8) is 0 Å². The molecule has 0 atom stereocenters. The van der Waals surface area contributed by atoms with E-state index in [4.69, 9.17) is 0 Å². The van der Waals surface area contributed by atoms with E-state index in [0.29, 0.717) is 12.1 Å². The molecule has 128 valence electrons. The van der Waals surface area contributed by atoms with E-state index in [-0.39, 0.29) is 10.5 Å². The molecule has 0 fully saturated rings. The third kappa shape index (κ3) is 3.70. The van der Waals surface area contributed by atoms with Gasteiger partial charge in [0.1, 0.15) is 17.3 Å². The summed E-state index contributed by atoms with van der Waals surface area (Å²) in [6, 6.07) is 6.89. The molecular weight excluding hydrogens is 338 g/mol. The molecule has 0 aromatic heterocycles. The van der Waals surface area contributed by atoms with Crippen molar-refractivity contribution in [3.05, 3.63) is 59.2 Å². The van der Waals surface area contributed by atoms with Crippen LogP contribution in [0.4, 0.5) is 14.5 Å². The number of anilines is 1. The summed E-state index contributed by atoms with van der Waals surface area (Å²) in [5.74, 6) is -2.49. The smallest absolute Gasteiger partial charge is 0.262 e. The Morgan fingerprint density at radius 3 is 2.33 bits per heavy atom. The second-order valence-corrected chi connectivity index (χ2v) is 6.72. The topological polar surface area (TPSA) is 75.3 Å². The van der Waals surface area contributed by atoms with Crippen molar-refractivity contribution in [1.29, 1.82) is 0 Å². The van der Waals surface area contributed by atoms with E-state index in [0.717, 1.165) is 18.2 Å². The number of hydrogen-bond donors (Lipinski definition) is 2. The normalized spacial score (nSPS) is 11.2. The van der Waals surface area contributed by atoms with E-state index in [1.165, 1.54) is 18.2 Å². The molecule has 0 aliphatic carbocycles. The van der Waals surface area contributed by atoms with Crippen LogP contribution in [0, 0.1) is 18.6 Å². The van der Waals surface area contributed by atoms with Crippen LogP contribution in [-0.2, 0) is 10.0 Å². The van der Waals surface area contributed by atoms with E-state index < -0.39 is 33.3 Å². The molecule has 0 aliphatic rings. The van der Waals surface area contributed by atoms with Gasteiger partial charge in [0.15, 0.2) is 0 Å². The highest BCUT2D eigenvalue weighted by Crippen LogP contribution is 2.23. The predicted octanol–water partition coefficient (Wildman–Crippen LogP) is 2.82. The third-order valence-electron chi connectivity index (χ3n) is 3.30. The summed E-state index contributed by atoms with van der Waals surface area (Å²) < 4.78 is 53.9. The van der Waals surface area contributed by atoms with Crippen molar-refractivity contribution in [1.82, 2.24) is 5.32 Å². The Labute approximate surface area is 138 Å². The molecule has 2 aromatic rings. The van der Waals surface area contributed by atoms with Gasteiger partial charge in [0.05, 0.1) is 4.90 Å². The predicted molar refractivity (Wildman–Crippen MR) is 86.4 cm³/mol. The van der Waals surface area contributed by atoms with Crippen molar-refractivity contribution < 1.29 is 22.0 Å². The van der Waals surface area contributed by atoms with Crippen LogP contribution in [0.3, 0.4) is 0 Å². The number of aryl methyl sites for hydroxylation is 1. The zero-order valence-electron chi connectivity index (χ0n) is 13.1. The quantitative estimate of drug-likeness (QED) is 0.867. The number of carbonyl (C=O) groups is 1. The van der Waals surface area contributed by atoms with Crippen LogP contribution < -0.4 is 10.0 Å². The minimum atomic E-state index is -4.26. The molecule has 0 saturated heterocycles. The van der Waals surface area contributed by atoms with Crippen molar-refractivity contribution in [2.24, 2.45) is 0 Å². The van der Waals surface area contributed by atoms with Crippen molar-refractivity contribution in [2.75, 3.05) is 11.3 Å². The molecule has 0 spiro atoms. The van der Waals surface area contributed by atoms with Crippen LogP contribution in [0.15, 0.2) is 41.3 Å². The fourth-order valence-corrected chi connectivity index (χ4v) is 3.16. The fraction of sp³-hybridized carbons (Fsp3) is 0.188. The van der Waals surface area contributed by atoms with Gasteiger partial charge in [0.25, 0.3) is 15.9 Å². The minimum absolute atomic E-state index is 0.175. The molecule has 24 heavy (non-hydrogen) atoms. The van der Waals surface area contributed by atoms with Crippen molar-refractivity contribution in [2.45, 2.75) is 18.7 Å². The number of benzene rings is 2. The van der Waals surface area contributed by atoms with Gasteiger partial charge in [0.2, 0.25) is 0 Å². The molecule has 2 aromatic carbocycles. The number of para-hydroxylation sites is 1. The molecule has 2 rings (SSSR count). The first kappa shape index (κ1) is 17.9. The fourth-order valence-electron chi connectivity index (χ4n) is 2.06. The second-order valence-electron chi connectivity index (χ2n) is 5.04. The van der Waals surface area contributed by atoms with E-state index in [1.54, 1.807) is 13.8 Å². The number of nitrogens with one attached hydrogen (secondary N) is 2. The summed E-state index contributed by atoms with van der Waals surface area (Å²) in [5.41, 5.74) is -0.0108. The van der Waals surface area contributed by atoms with Crippen LogP contribution in [0.2, 0.25) is 0 Å². The van der Waals surface area contributed by atoms with Crippen molar-refractivity contribution in [3.8, 4) is 0 Å². The van der Waals surface area contributed by atoms with E-state index in [2.05, 4.69) is 5.32 Å². The SMILES string of the molecule is CCNC(=O)c1cc(S(=O)(=O)Nc2c(F)cccc2F)ccc1C. The average molecular weight is 354 g/mol. The van der Waals surface area contributed by atoms with Crippen LogP contribution in [0.25, 0.3) is 0 Å². The maximum atomic E-state index is 13.6. The summed E-state index contributed by atoms with van der Waals surface area (Å²) in [4.78, 5) is 11.7. The first-order chi connectivity index (χ1) is 11.3. The zero-order valence-corrected chi connectivity index (χ0v) is 13.9. The summed E-state index contributed by atoms with van der Waals surface area (Å²) in [6.45, 7) is 3.77. The molecule has 0 radical (unpaired) electrons. The Balaban J connectivity index is 2.43. The van der Waals surface area contributed by atoms with E-state index >= 15 is 0 Å². The molecule has 0 unspecified atom stereocenters. The number of sulfonamides is 1. The second kappa shape index (κ2) is 6.96. The van der Waals surface area contributed by atoms with E-state index in [1.807, 2.05) is 4.72 Å². The van der Waals surface area contributed by atoms with Gasteiger partial charge >= 0.3 is 0 Å². The highest BCUT2D eigenvalue weighted by molar-refractivity contribution is 7.92. The van der Waals surface area contributed by atoms with Crippen LogP contribution in [0.5, 0.6) is 0 Å². The van der Waals surface area contributed by atoms with Gasteiger partial charge in [-0.15, -0.1) is 0 Å². The molecule has 1 amide bonds. The monoisotopic (exact) mass is 354 g/mol. The maximum absolute atomic E-state index is 13.6. The first-order valence-corrected chi connectivity index (χ1v) is 8.60. The molecule has 0 saturated carbocycles. The summed E-state index contributed by atoms with van der Waals surface area (Å²) in [5, 5.41) is 2.58. The Hall–Kier alpha value is -2.48. The molecule has 0 bridgehead atoms. The standard InChI is InChI=1S/C16H16F2N2O3S/c1-3-19-16(21)12-9-11(8-7-10(12)2)24(22,23)20-15-13(17)5-4-6-14(15)18/h4-9,20H,3H2,1-2H3,(H,19,21). The molecule has 8 heteroatoms.